The molecule has 4 aromatic rings. The summed E-state index contributed by atoms with van der Waals surface area (Å²) < 4.78 is 1.68. The Morgan fingerprint density at radius 3 is 2.35 bits per heavy atom. The van der Waals surface area contributed by atoms with Gasteiger partial charge in [0, 0.05) is 12.2 Å². The molecule has 34 heavy (non-hydrogen) atoms. The Labute approximate surface area is 202 Å². The second-order valence-corrected chi connectivity index (χ2v) is 8.58. The van der Waals surface area contributed by atoms with Crippen LogP contribution in [-0.4, -0.2) is 21.2 Å². The van der Waals surface area contributed by atoms with Crippen LogP contribution in [0.2, 0.25) is 0 Å². The average molecular weight is 472 g/mol. The van der Waals surface area contributed by atoms with Gasteiger partial charge in [0.15, 0.2) is 5.16 Å². The predicted octanol–water partition coefficient (Wildman–Crippen LogP) is 6.34. The van der Waals surface area contributed by atoms with Gasteiger partial charge in [0.05, 0.1) is 28.0 Å². The second-order valence-electron chi connectivity index (χ2n) is 7.64. The summed E-state index contributed by atoms with van der Waals surface area (Å²) in [5.74, 6) is -0.0278. The Morgan fingerprint density at radius 1 is 0.941 bits per heavy atom. The zero-order chi connectivity index (χ0) is 23.8. The van der Waals surface area contributed by atoms with E-state index in [4.69, 9.17) is 0 Å². The van der Waals surface area contributed by atoms with Crippen LogP contribution in [0.25, 0.3) is 10.9 Å². The van der Waals surface area contributed by atoms with Gasteiger partial charge in [0.25, 0.3) is 5.56 Å². The predicted molar refractivity (Wildman–Crippen MR) is 137 cm³/mol. The van der Waals surface area contributed by atoms with Crippen molar-refractivity contribution < 1.29 is 4.79 Å². The molecule has 0 bridgehead atoms. The maximum Gasteiger partial charge on any atom is 0.262 e. The number of hydrogen-bond acceptors (Lipinski definition) is 6. The van der Waals surface area contributed by atoms with Gasteiger partial charge in [0.2, 0.25) is 5.91 Å². The number of azo groups is 1. The highest BCUT2D eigenvalue weighted by Crippen LogP contribution is 2.22. The number of anilines is 1. The highest BCUT2D eigenvalue weighted by Gasteiger charge is 2.13. The van der Waals surface area contributed by atoms with Crippen LogP contribution in [0, 0.1) is 0 Å². The smallest absolute Gasteiger partial charge is 0.262 e. The minimum Gasteiger partial charge on any atom is -0.325 e. The number of thioether (sulfide) groups is 1. The zero-order valence-corrected chi connectivity index (χ0v) is 19.7. The third kappa shape index (κ3) is 5.96. The molecule has 0 atom stereocenters. The summed E-state index contributed by atoms with van der Waals surface area (Å²) in [6.07, 6.45) is 1.83. The first-order valence-electron chi connectivity index (χ1n) is 11.1. The molecule has 172 valence electrons. The van der Waals surface area contributed by atoms with Crippen LogP contribution < -0.4 is 10.9 Å². The van der Waals surface area contributed by atoms with Crippen molar-refractivity contribution in [3.8, 4) is 0 Å². The molecule has 0 saturated carbocycles. The van der Waals surface area contributed by atoms with Gasteiger partial charge in [-0.3, -0.25) is 14.2 Å². The molecule has 3 aromatic carbocycles. The largest absolute Gasteiger partial charge is 0.325 e. The number of para-hydroxylation sites is 1. The maximum atomic E-state index is 13.0. The van der Waals surface area contributed by atoms with Gasteiger partial charge in [0.1, 0.15) is 0 Å². The van der Waals surface area contributed by atoms with Gasteiger partial charge in [-0.2, -0.15) is 10.2 Å². The fraction of sp³-hybridized carbons (Fsp3) is 0.192. The lowest BCUT2D eigenvalue weighted by Crippen LogP contribution is -2.24. The maximum absolute atomic E-state index is 13.0. The number of benzene rings is 3. The van der Waals surface area contributed by atoms with Crippen LogP contribution in [0.3, 0.4) is 0 Å². The van der Waals surface area contributed by atoms with Gasteiger partial charge < -0.3 is 5.32 Å². The van der Waals surface area contributed by atoms with E-state index in [2.05, 4.69) is 27.5 Å². The van der Waals surface area contributed by atoms with Crippen LogP contribution in [0.4, 0.5) is 17.1 Å². The Morgan fingerprint density at radius 2 is 1.62 bits per heavy atom. The van der Waals surface area contributed by atoms with Gasteiger partial charge in [-0.1, -0.05) is 55.4 Å². The molecule has 4 rings (SSSR count). The summed E-state index contributed by atoms with van der Waals surface area (Å²) in [5, 5.41) is 12.4. The molecule has 0 fully saturated rings. The summed E-state index contributed by atoms with van der Waals surface area (Å²) in [5.41, 5.74) is 2.71. The van der Waals surface area contributed by atoms with Gasteiger partial charge in [-0.25, -0.2) is 4.98 Å². The molecule has 0 aliphatic heterocycles. The Kier molecular flexibility index (Phi) is 7.83. The van der Waals surface area contributed by atoms with Gasteiger partial charge in [-0.15, -0.1) is 0 Å². The summed E-state index contributed by atoms with van der Waals surface area (Å²) in [6.45, 7) is 2.66. The highest BCUT2D eigenvalue weighted by atomic mass is 32.2. The number of unbranched alkanes of at least 4 members (excludes halogenated alkanes) is 1. The average Bonchev–Trinajstić information content (AvgIpc) is 2.87. The second kappa shape index (κ2) is 11.4. The third-order valence-electron chi connectivity index (χ3n) is 5.08. The van der Waals surface area contributed by atoms with Crippen molar-refractivity contribution in [3.05, 3.63) is 89.2 Å². The van der Waals surface area contributed by atoms with E-state index in [1.807, 2.05) is 48.5 Å². The number of carbonyl (C=O) groups excluding carboxylic acids is 1. The molecular weight excluding hydrogens is 446 g/mol. The molecule has 7 nitrogen and oxygen atoms in total. The summed E-state index contributed by atoms with van der Waals surface area (Å²) in [7, 11) is 0. The number of rotatable bonds is 9. The number of nitrogens with one attached hydrogen (secondary N) is 1. The lowest BCUT2D eigenvalue weighted by molar-refractivity contribution is -0.113. The van der Waals surface area contributed by atoms with E-state index in [-0.39, 0.29) is 17.2 Å². The number of aromatic nitrogens is 2. The molecule has 0 aliphatic rings. The SMILES string of the molecule is CCCCn1c(SCC(=O)Nc2ccc(N=Nc3ccccc3)cc2)nc2ccccc2c1=O. The fourth-order valence-electron chi connectivity index (χ4n) is 3.32. The summed E-state index contributed by atoms with van der Waals surface area (Å²) >= 11 is 1.27. The van der Waals surface area contributed by atoms with Crippen molar-refractivity contribution in [1.82, 2.24) is 9.55 Å². The van der Waals surface area contributed by atoms with Crippen molar-refractivity contribution >= 4 is 45.6 Å². The van der Waals surface area contributed by atoms with Crippen molar-refractivity contribution in [2.45, 2.75) is 31.5 Å². The topological polar surface area (TPSA) is 88.7 Å². The molecular formula is C26H25N5O2S. The standard InChI is InChI=1S/C26H25N5O2S/c1-2-3-17-31-25(33)22-11-7-8-12-23(22)28-26(31)34-18-24(32)27-19-13-15-21(16-14-19)30-29-20-9-5-4-6-10-20/h4-16H,2-3,17-18H2,1H3,(H,27,32). The molecule has 1 aromatic heterocycles. The van der Waals surface area contributed by atoms with Crippen molar-refractivity contribution in [3.63, 3.8) is 0 Å². The number of nitrogens with zero attached hydrogens (tertiary/aromatic N) is 4. The first-order valence-corrected chi connectivity index (χ1v) is 12.1. The van der Waals surface area contributed by atoms with E-state index in [1.165, 1.54) is 11.8 Å². The van der Waals surface area contributed by atoms with E-state index in [0.717, 1.165) is 18.5 Å². The quantitative estimate of drug-likeness (QED) is 0.175. The van der Waals surface area contributed by atoms with Crippen LogP contribution in [-0.2, 0) is 11.3 Å². The lowest BCUT2D eigenvalue weighted by atomic mass is 10.2. The summed E-state index contributed by atoms with van der Waals surface area (Å²) in [4.78, 5) is 30.2. The van der Waals surface area contributed by atoms with E-state index < -0.39 is 0 Å². The lowest BCUT2D eigenvalue weighted by Gasteiger charge is -2.12. The fourth-order valence-corrected chi connectivity index (χ4v) is 4.15. The molecule has 1 N–H and O–H groups in total. The Hall–Kier alpha value is -3.78. The minimum absolute atomic E-state index is 0.0674. The van der Waals surface area contributed by atoms with E-state index in [0.29, 0.717) is 34.0 Å². The van der Waals surface area contributed by atoms with E-state index >= 15 is 0 Å². The van der Waals surface area contributed by atoms with E-state index in [9.17, 15) is 9.59 Å². The number of amides is 1. The number of hydrogen-bond donors (Lipinski definition) is 1. The Bertz CT molecular complexity index is 1350. The molecule has 1 amide bonds. The summed E-state index contributed by atoms with van der Waals surface area (Å²) in [6, 6.07) is 24.0. The first-order chi connectivity index (χ1) is 16.6. The molecule has 8 heteroatoms. The molecule has 0 spiro atoms. The zero-order valence-electron chi connectivity index (χ0n) is 18.8. The van der Waals surface area contributed by atoms with E-state index in [1.54, 1.807) is 34.9 Å². The Balaban J connectivity index is 1.41. The van der Waals surface area contributed by atoms with Crippen LogP contribution in [0.5, 0.6) is 0 Å². The van der Waals surface area contributed by atoms with Crippen LogP contribution in [0.15, 0.2) is 99.0 Å². The van der Waals surface area contributed by atoms with Crippen molar-refractivity contribution in [2.75, 3.05) is 11.1 Å². The minimum atomic E-state index is -0.173. The molecule has 0 aliphatic carbocycles. The highest BCUT2D eigenvalue weighted by molar-refractivity contribution is 7.99. The third-order valence-corrected chi connectivity index (χ3v) is 6.06. The molecule has 1 heterocycles. The number of fused-ring (bicyclic) bond motifs is 1. The molecule has 0 saturated heterocycles. The van der Waals surface area contributed by atoms with Crippen molar-refractivity contribution in [1.29, 1.82) is 0 Å². The van der Waals surface area contributed by atoms with Crippen LogP contribution in [0.1, 0.15) is 19.8 Å². The monoisotopic (exact) mass is 471 g/mol. The van der Waals surface area contributed by atoms with Gasteiger partial charge >= 0.3 is 0 Å². The normalized spacial score (nSPS) is 11.2. The first kappa shape index (κ1) is 23.4. The van der Waals surface area contributed by atoms with Crippen molar-refractivity contribution in [2.24, 2.45) is 10.2 Å². The molecule has 0 radical (unpaired) electrons. The van der Waals surface area contributed by atoms with Gasteiger partial charge in [-0.05, 0) is 55.0 Å². The van der Waals surface area contributed by atoms with Crippen LogP contribution >= 0.6 is 11.8 Å². The molecule has 0 unspecified atom stereocenters. The number of carbonyl (C=O) groups is 1.